The average molecular weight is 272 g/mol. The number of amides is 1. The Morgan fingerprint density at radius 3 is 2.65 bits per heavy atom. The zero-order chi connectivity index (χ0) is 14.4. The van der Waals surface area contributed by atoms with Gasteiger partial charge in [0.25, 0.3) is 5.91 Å². The van der Waals surface area contributed by atoms with Crippen molar-refractivity contribution in [2.24, 2.45) is 12.8 Å². The Bertz CT molecular complexity index is 560. The van der Waals surface area contributed by atoms with Gasteiger partial charge in [-0.3, -0.25) is 9.48 Å². The molecule has 0 aliphatic rings. The van der Waals surface area contributed by atoms with Crippen molar-refractivity contribution in [3.63, 3.8) is 0 Å². The topological polar surface area (TPSA) is 72.9 Å². The SMILES string of the molecule is Cn1cc(CCCNC(=O)c2ccc(CN)cc2)cn1. The van der Waals surface area contributed by atoms with Crippen molar-refractivity contribution in [3.05, 3.63) is 53.3 Å². The van der Waals surface area contributed by atoms with Crippen LogP contribution in [0, 0.1) is 0 Å². The first kappa shape index (κ1) is 14.3. The standard InChI is InChI=1S/C15H20N4O/c1-19-11-13(10-18-19)3-2-8-17-15(20)14-6-4-12(9-16)5-7-14/h4-7,10-11H,2-3,8-9,16H2,1H3,(H,17,20). The number of hydrogen-bond acceptors (Lipinski definition) is 3. The molecule has 5 nitrogen and oxygen atoms in total. The van der Waals surface area contributed by atoms with Gasteiger partial charge in [0.2, 0.25) is 0 Å². The first-order chi connectivity index (χ1) is 9.69. The van der Waals surface area contributed by atoms with Crippen molar-refractivity contribution in [2.45, 2.75) is 19.4 Å². The summed E-state index contributed by atoms with van der Waals surface area (Å²) in [6.07, 6.45) is 5.67. The van der Waals surface area contributed by atoms with E-state index in [0.29, 0.717) is 18.7 Å². The maximum atomic E-state index is 11.9. The quantitative estimate of drug-likeness (QED) is 0.777. The molecule has 0 spiro atoms. The van der Waals surface area contributed by atoms with E-state index < -0.39 is 0 Å². The van der Waals surface area contributed by atoms with E-state index in [9.17, 15) is 4.79 Å². The number of nitrogens with zero attached hydrogens (tertiary/aromatic N) is 2. The van der Waals surface area contributed by atoms with Crippen LogP contribution in [0.3, 0.4) is 0 Å². The molecule has 0 atom stereocenters. The van der Waals surface area contributed by atoms with Gasteiger partial charge in [0.05, 0.1) is 6.20 Å². The van der Waals surface area contributed by atoms with Gasteiger partial charge in [-0.25, -0.2) is 0 Å². The number of benzene rings is 1. The maximum absolute atomic E-state index is 11.9. The predicted molar refractivity (Wildman–Crippen MR) is 78.2 cm³/mol. The Labute approximate surface area is 118 Å². The van der Waals surface area contributed by atoms with Crippen LogP contribution in [-0.4, -0.2) is 22.2 Å². The number of carbonyl (C=O) groups is 1. The molecule has 2 rings (SSSR count). The van der Waals surface area contributed by atoms with Gasteiger partial charge in [0, 0.05) is 31.9 Å². The molecule has 1 aromatic carbocycles. The predicted octanol–water partition coefficient (Wildman–Crippen LogP) is 1.24. The van der Waals surface area contributed by atoms with Crippen LogP contribution in [0.15, 0.2) is 36.7 Å². The number of aryl methyl sites for hydroxylation is 2. The number of nitrogens with two attached hydrogens (primary N) is 1. The van der Waals surface area contributed by atoms with E-state index in [1.165, 1.54) is 5.56 Å². The molecule has 0 bridgehead atoms. The molecule has 0 saturated carbocycles. The second-order valence-corrected chi connectivity index (χ2v) is 4.78. The van der Waals surface area contributed by atoms with Crippen LogP contribution in [0.1, 0.15) is 27.9 Å². The normalized spacial score (nSPS) is 10.5. The molecular formula is C15H20N4O. The monoisotopic (exact) mass is 272 g/mol. The summed E-state index contributed by atoms with van der Waals surface area (Å²) in [5, 5.41) is 7.03. The van der Waals surface area contributed by atoms with Crippen LogP contribution in [0.25, 0.3) is 0 Å². The number of hydrogen-bond donors (Lipinski definition) is 2. The molecule has 0 saturated heterocycles. The Hall–Kier alpha value is -2.14. The molecule has 0 fully saturated rings. The number of carbonyl (C=O) groups excluding carboxylic acids is 1. The van der Waals surface area contributed by atoms with Crippen molar-refractivity contribution in [1.82, 2.24) is 15.1 Å². The maximum Gasteiger partial charge on any atom is 0.251 e. The van der Waals surface area contributed by atoms with Gasteiger partial charge in [0.15, 0.2) is 0 Å². The second kappa shape index (κ2) is 6.86. The lowest BCUT2D eigenvalue weighted by Gasteiger charge is -2.05. The molecule has 5 heteroatoms. The highest BCUT2D eigenvalue weighted by atomic mass is 16.1. The molecule has 1 heterocycles. The summed E-state index contributed by atoms with van der Waals surface area (Å²) in [6, 6.07) is 7.37. The Balaban J connectivity index is 1.74. The first-order valence-electron chi connectivity index (χ1n) is 6.74. The Kier molecular flexibility index (Phi) is 4.90. The molecule has 106 valence electrons. The Morgan fingerprint density at radius 2 is 2.05 bits per heavy atom. The minimum absolute atomic E-state index is 0.0419. The summed E-state index contributed by atoms with van der Waals surface area (Å²) in [7, 11) is 1.90. The van der Waals surface area contributed by atoms with Crippen molar-refractivity contribution in [3.8, 4) is 0 Å². The third-order valence-electron chi connectivity index (χ3n) is 3.14. The molecule has 2 aromatic rings. The fraction of sp³-hybridized carbons (Fsp3) is 0.333. The van der Waals surface area contributed by atoms with E-state index in [1.807, 2.05) is 31.6 Å². The molecule has 1 amide bonds. The van der Waals surface area contributed by atoms with Gasteiger partial charge < -0.3 is 11.1 Å². The summed E-state index contributed by atoms with van der Waals surface area (Å²) in [5.41, 5.74) is 8.41. The van der Waals surface area contributed by atoms with Crippen LogP contribution in [0.4, 0.5) is 0 Å². The first-order valence-corrected chi connectivity index (χ1v) is 6.74. The lowest BCUT2D eigenvalue weighted by molar-refractivity contribution is 0.0953. The highest BCUT2D eigenvalue weighted by Gasteiger charge is 2.04. The van der Waals surface area contributed by atoms with Crippen LogP contribution in [-0.2, 0) is 20.0 Å². The Morgan fingerprint density at radius 1 is 1.30 bits per heavy atom. The molecule has 1 aromatic heterocycles. The van der Waals surface area contributed by atoms with Crippen LogP contribution < -0.4 is 11.1 Å². The van der Waals surface area contributed by atoms with E-state index >= 15 is 0 Å². The fourth-order valence-corrected chi connectivity index (χ4v) is 1.99. The van der Waals surface area contributed by atoms with Gasteiger partial charge in [0.1, 0.15) is 0 Å². The third kappa shape index (κ3) is 3.93. The molecule has 20 heavy (non-hydrogen) atoms. The highest BCUT2D eigenvalue weighted by molar-refractivity contribution is 5.94. The lowest BCUT2D eigenvalue weighted by atomic mass is 10.1. The zero-order valence-electron chi connectivity index (χ0n) is 11.7. The van der Waals surface area contributed by atoms with Gasteiger partial charge >= 0.3 is 0 Å². The van der Waals surface area contributed by atoms with E-state index in [0.717, 1.165) is 18.4 Å². The van der Waals surface area contributed by atoms with Crippen LogP contribution >= 0.6 is 0 Å². The lowest BCUT2D eigenvalue weighted by Crippen LogP contribution is -2.24. The number of aromatic nitrogens is 2. The van der Waals surface area contributed by atoms with E-state index in [-0.39, 0.29) is 5.91 Å². The molecule has 0 aliphatic heterocycles. The minimum Gasteiger partial charge on any atom is -0.352 e. The smallest absolute Gasteiger partial charge is 0.251 e. The van der Waals surface area contributed by atoms with Crippen molar-refractivity contribution < 1.29 is 4.79 Å². The van der Waals surface area contributed by atoms with E-state index in [4.69, 9.17) is 5.73 Å². The number of rotatable bonds is 6. The zero-order valence-corrected chi connectivity index (χ0v) is 11.7. The number of nitrogens with one attached hydrogen (secondary N) is 1. The van der Waals surface area contributed by atoms with Gasteiger partial charge in [-0.05, 0) is 36.1 Å². The molecule has 3 N–H and O–H groups in total. The van der Waals surface area contributed by atoms with E-state index in [2.05, 4.69) is 10.4 Å². The van der Waals surface area contributed by atoms with Crippen molar-refractivity contribution in [1.29, 1.82) is 0 Å². The van der Waals surface area contributed by atoms with Crippen LogP contribution in [0.5, 0.6) is 0 Å². The van der Waals surface area contributed by atoms with Gasteiger partial charge in [-0.2, -0.15) is 5.10 Å². The fourth-order valence-electron chi connectivity index (χ4n) is 1.99. The molecule has 0 aliphatic carbocycles. The minimum atomic E-state index is -0.0419. The van der Waals surface area contributed by atoms with Gasteiger partial charge in [-0.1, -0.05) is 12.1 Å². The summed E-state index contributed by atoms with van der Waals surface area (Å²) in [4.78, 5) is 11.9. The summed E-state index contributed by atoms with van der Waals surface area (Å²) >= 11 is 0. The summed E-state index contributed by atoms with van der Waals surface area (Å²) < 4.78 is 1.78. The molecule has 0 unspecified atom stereocenters. The van der Waals surface area contributed by atoms with Crippen LogP contribution in [0.2, 0.25) is 0 Å². The van der Waals surface area contributed by atoms with Crippen molar-refractivity contribution >= 4 is 5.91 Å². The van der Waals surface area contributed by atoms with E-state index in [1.54, 1.807) is 16.8 Å². The highest BCUT2D eigenvalue weighted by Crippen LogP contribution is 2.04. The summed E-state index contributed by atoms with van der Waals surface area (Å²) in [6.45, 7) is 1.15. The van der Waals surface area contributed by atoms with Gasteiger partial charge in [-0.15, -0.1) is 0 Å². The third-order valence-corrected chi connectivity index (χ3v) is 3.14. The average Bonchev–Trinajstić information content (AvgIpc) is 2.89. The van der Waals surface area contributed by atoms with Crippen molar-refractivity contribution in [2.75, 3.05) is 6.54 Å². The molecular weight excluding hydrogens is 252 g/mol. The molecule has 0 radical (unpaired) electrons. The largest absolute Gasteiger partial charge is 0.352 e. The second-order valence-electron chi connectivity index (χ2n) is 4.78. The summed E-state index contributed by atoms with van der Waals surface area (Å²) in [5.74, 6) is -0.0419.